The third-order valence-electron chi connectivity index (χ3n) is 2.10. The first-order chi connectivity index (χ1) is 7.13. The largest absolute Gasteiger partial charge is 0.410 e. The van der Waals surface area contributed by atoms with Crippen LogP contribution in [0.25, 0.3) is 5.65 Å². The van der Waals surface area contributed by atoms with Gasteiger partial charge in [0.05, 0.1) is 5.69 Å². The number of aryl methyl sites for hydroxylation is 2. The van der Waals surface area contributed by atoms with Gasteiger partial charge in [-0.1, -0.05) is 16.8 Å². The van der Waals surface area contributed by atoms with Crippen LogP contribution in [0.15, 0.2) is 11.2 Å². The van der Waals surface area contributed by atoms with Crippen LogP contribution in [-0.4, -0.2) is 30.2 Å². The Labute approximate surface area is 90.2 Å². The Bertz CT molecular complexity index is 547. The molecule has 2 heterocycles. The topological polar surface area (TPSA) is 75.7 Å². The van der Waals surface area contributed by atoms with E-state index >= 15 is 0 Å². The minimum absolute atomic E-state index is 0.141. The number of halogens is 1. The number of rotatable bonds is 1. The van der Waals surface area contributed by atoms with Gasteiger partial charge in [0.25, 0.3) is 0 Å². The molecule has 0 fully saturated rings. The Morgan fingerprint density at radius 2 is 2.20 bits per heavy atom. The zero-order valence-corrected chi connectivity index (χ0v) is 8.89. The van der Waals surface area contributed by atoms with Gasteiger partial charge in [0, 0.05) is 0 Å². The van der Waals surface area contributed by atoms with Crippen LogP contribution in [0.2, 0.25) is 0 Å². The summed E-state index contributed by atoms with van der Waals surface area (Å²) in [6.07, 6.45) is 0. The second-order valence-corrected chi connectivity index (χ2v) is 3.46. The summed E-state index contributed by atoms with van der Waals surface area (Å²) in [6.45, 7) is 3.79. The molecule has 0 aliphatic rings. The van der Waals surface area contributed by atoms with Crippen LogP contribution in [0.3, 0.4) is 0 Å². The Morgan fingerprint density at radius 3 is 2.87 bits per heavy atom. The van der Waals surface area contributed by atoms with E-state index in [0.717, 1.165) is 11.3 Å². The van der Waals surface area contributed by atoms with Gasteiger partial charge in [-0.25, -0.2) is 0 Å². The highest BCUT2D eigenvalue weighted by atomic mass is 35.5. The van der Waals surface area contributed by atoms with Crippen LogP contribution < -0.4 is 0 Å². The average Bonchev–Trinajstić information content (AvgIpc) is 2.61. The van der Waals surface area contributed by atoms with Gasteiger partial charge in [0.2, 0.25) is 11.0 Å². The molecule has 2 aromatic heterocycles. The molecule has 0 bridgehead atoms. The molecule has 0 amide bonds. The lowest BCUT2D eigenvalue weighted by atomic mass is 10.2. The maximum atomic E-state index is 8.54. The second kappa shape index (κ2) is 3.47. The Morgan fingerprint density at radius 1 is 1.47 bits per heavy atom. The van der Waals surface area contributed by atoms with E-state index in [1.807, 2.05) is 19.9 Å². The fourth-order valence-corrected chi connectivity index (χ4v) is 1.30. The fourth-order valence-electron chi connectivity index (χ4n) is 1.18. The second-order valence-electron chi connectivity index (χ2n) is 3.10. The highest BCUT2D eigenvalue weighted by molar-refractivity contribution is 6.68. The first kappa shape index (κ1) is 9.85. The van der Waals surface area contributed by atoms with E-state index < -0.39 is 0 Å². The molecular weight excluding hydrogens is 218 g/mol. The van der Waals surface area contributed by atoms with Crippen molar-refractivity contribution in [3.63, 3.8) is 0 Å². The van der Waals surface area contributed by atoms with E-state index in [2.05, 4.69) is 20.5 Å². The SMILES string of the molecule is Cc1cc2nnc(/C(Cl)=N\O)n2nc1C. The lowest BCUT2D eigenvalue weighted by Crippen LogP contribution is -2.05. The predicted molar refractivity (Wildman–Crippen MR) is 54.4 cm³/mol. The number of hydrogen-bond donors (Lipinski definition) is 1. The molecule has 0 radical (unpaired) electrons. The zero-order valence-electron chi connectivity index (χ0n) is 8.14. The van der Waals surface area contributed by atoms with Crippen molar-refractivity contribution in [3.8, 4) is 0 Å². The van der Waals surface area contributed by atoms with E-state index in [9.17, 15) is 0 Å². The van der Waals surface area contributed by atoms with Crippen LogP contribution >= 0.6 is 11.6 Å². The minimum Gasteiger partial charge on any atom is -0.410 e. The summed E-state index contributed by atoms with van der Waals surface area (Å²) in [5.74, 6) is 0.220. The van der Waals surface area contributed by atoms with Gasteiger partial charge in [0.1, 0.15) is 0 Å². The van der Waals surface area contributed by atoms with Gasteiger partial charge in [-0.3, -0.25) is 0 Å². The average molecular weight is 226 g/mol. The number of nitrogens with zero attached hydrogens (tertiary/aromatic N) is 5. The maximum absolute atomic E-state index is 8.54. The van der Waals surface area contributed by atoms with Gasteiger partial charge in [-0.2, -0.15) is 9.61 Å². The molecule has 7 heteroatoms. The van der Waals surface area contributed by atoms with E-state index in [1.165, 1.54) is 4.52 Å². The first-order valence-electron chi connectivity index (χ1n) is 4.21. The number of hydrogen-bond acceptors (Lipinski definition) is 5. The molecular formula is C8H8ClN5O. The van der Waals surface area contributed by atoms with Crippen molar-refractivity contribution in [3.05, 3.63) is 23.1 Å². The molecule has 0 saturated carbocycles. The van der Waals surface area contributed by atoms with Crippen molar-refractivity contribution in [1.29, 1.82) is 0 Å². The van der Waals surface area contributed by atoms with Gasteiger partial charge < -0.3 is 5.21 Å². The molecule has 2 aromatic rings. The molecule has 0 saturated heterocycles. The zero-order chi connectivity index (χ0) is 11.0. The van der Waals surface area contributed by atoms with Crippen LogP contribution in [0.4, 0.5) is 0 Å². The normalized spacial score (nSPS) is 12.3. The van der Waals surface area contributed by atoms with Gasteiger partial charge in [-0.15, -0.1) is 10.2 Å². The monoisotopic (exact) mass is 225 g/mol. The van der Waals surface area contributed by atoms with E-state index in [1.54, 1.807) is 0 Å². The number of aromatic nitrogens is 4. The minimum atomic E-state index is -0.141. The highest BCUT2D eigenvalue weighted by Crippen LogP contribution is 2.09. The van der Waals surface area contributed by atoms with Crippen molar-refractivity contribution in [2.24, 2.45) is 5.16 Å². The lowest BCUT2D eigenvalue weighted by molar-refractivity contribution is 0.320. The molecule has 0 spiro atoms. The Hall–Kier alpha value is -1.69. The molecule has 0 unspecified atom stereocenters. The van der Waals surface area contributed by atoms with Crippen molar-refractivity contribution >= 4 is 22.4 Å². The van der Waals surface area contributed by atoms with Crippen molar-refractivity contribution in [2.75, 3.05) is 0 Å². The molecule has 0 atom stereocenters. The van der Waals surface area contributed by atoms with Crippen molar-refractivity contribution in [2.45, 2.75) is 13.8 Å². The first-order valence-corrected chi connectivity index (χ1v) is 4.59. The van der Waals surface area contributed by atoms with Crippen LogP contribution in [0.5, 0.6) is 0 Å². The standard InChI is InChI=1S/C8H8ClN5O/c1-4-3-6-10-11-8(7(9)13-15)14(6)12-5(4)2/h3,15H,1-2H3/b13-7+. The molecule has 6 nitrogen and oxygen atoms in total. The summed E-state index contributed by atoms with van der Waals surface area (Å²) in [6, 6.07) is 1.83. The van der Waals surface area contributed by atoms with Gasteiger partial charge in [-0.05, 0) is 25.5 Å². The summed E-state index contributed by atoms with van der Waals surface area (Å²) >= 11 is 5.64. The van der Waals surface area contributed by atoms with Gasteiger partial charge in [0.15, 0.2) is 5.65 Å². The summed E-state index contributed by atoms with van der Waals surface area (Å²) in [5, 5.41) is 23.1. The summed E-state index contributed by atoms with van der Waals surface area (Å²) < 4.78 is 1.43. The number of oxime groups is 1. The van der Waals surface area contributed by atoms with Crippen LogP contribution in [-0.2, 0) is 0 Å². The predicted octanol–water partition coefficient (Wildman–Crippen LogP) is 1.12. The quantitative estimate of drug-likeness (QED) is 0.448. The van der Waals surface area contributed by atoms with Crippen LogP contribution in [0.1, 0.15) is 17.1 Å². The maximum Gasteiger partial charge on any atom is 0.218 e. The molecule has 0 aliphatic carbocycles. The third-order valence-corrected chi connectivity index (χ3v) is 2.35. The lowest BCUT2D eigenvalue weighted by Gasteiger charge is -2.00. The Kier molecular flexibility index (Phi) is 2.28. The van der Waals surface area contributed by atoms with Crippen molar-refractivity contribution in [1.82, 2.24) is 19.8 Å². The summed E-state index contributed by atoms with van der Waals surface area (Å²) in [4.78, 5) is 0. The molecule has 0 aliphatic heterocycles. The van der Waals surface area contributed by atoms with E-state index in [-0.39, 0.29) is 11.0 Å². The van der Waals surface area contributed by atoms with Crippen LogP contribution in [0, 0.1) is 13.8 Å². The molecule has 2 rings (SSSR count). The smallest absolute Gasteiger partial charge is 0.218 e. The van der Waals surface area contributed by atoms with Crippen molar-refractivity contribution < 1.29 is 5.21 Å². The highest BCUT2D eigenvalue weighted by Gasteiger charge is 2.12. The fraction of sp³-hybridized carbons (Fsp3) is 0.250. The van der Waals surface area contributed by atoms with E-state index in [4.69, 9.17) is 16.8 Å². The third kappa shape index (κ3) is 1.52. The molecule has 78 valence electrons. The molecule has 1 N–H and O–H groups in total. The summed E-state index contributed by atoms with van der Waals surface area (Å²) in [7, 11) is 0. The van der Waals surface area contributed by atoms with Gasteiger partial charge >= 0.3 is 0 Å². The summed E-state index contributed by atoms with van der Waals surface area (Å²) in [5.41, 5.74) is 2.42. The molecule has 15 heavy (non-hydrogen) atoms. The Balaban J connectivity index is 2.75. The molecule has 0 aromatic carbocycles. The number of fused-ring (bicyclic) bond motifs is 1. The van der Waals surface area contributed by atoms with E-state index in [0.29, 0.717) is 5.65 Å².